The second-order valence-corrected chi connectivity index (χ2v) is 9.01. The van der Waals surface area contributed by atoms with Crippen LogP contribution >= 0.6 is 11.6 Å². The Balaban J connectivity index is 1.50. The van der Waals surface area contributed by atoms with Crippen molar-refractivity contribution in [2.24, 2.45) is 23.2 Å². The lowest BCUT2D eigenvalue weighted by molar-refractivity contribution is -0.113. The molecular formula is C22H26ClN3O. The number of anilines is 2. The maximum Gasteiger partial charge on any atom is 0.255 e. The van der Waals surface area contributed by atoms with E-state index in [-0.39, 0.29) is 11.9 Å². The van der Waals surface area contributed by atoms with E-state index in [0.717, 1.165) is 12.1 Å². The van der Waals surface area contributed by atoms with E-state index in [4.69, 9.17) is 11.6 Å². The highest BCUT2D eigenvalue weighted by Crippen LogP contribution is 2.61. The van der Waals surface area contributed by atoms with Crippen molar-refractivity contribution in [1.29, 1.82) is 0 Å². The van der Waals surface area contributed by atoms with Gasteiger partial charge in [-0.15, -0.1) is 0 Å². The Kier molecular flexibility index (Phi) is 4.63. The average molecular weight is 384 g/mol. The van der Waals surface area contributed by atoms with Crippen molar-refractivity contribution in [3.05, 3.63) is 53.2 Å². The second-order valence-electron chi connectivity index (χ2n) is 8.57. The van der Waals surface area contributed by atoms with Gasteiger partial charge >= 0.3 is 0 Å². The Labute approximate surface area is 165 Å². The number of benzene rings is 1. The maximum absolute atomic E-state index is 13.0. The van der Waals surface area contributed by atoms with E-state index in [1.54, 1.807) is 12.3 Å². The van der Waals surface area contributed by atoms with Crippen molar-refractivity contribution >= 4 is 29.0 Å². The summed E-state index contributed by atoms with van der Waals surface area (Å²) in [5.74, 6) is 2.38. The number of rotatable bonds is 4. The van der Waals surface area contributed by atoms with E-state index in [0.29, 0.717) is 39.6 Å². The molecule has 3 aliphatic carbocycles. The number of halogens is 1. The van der Waals surface area contributed by atoms with E-state index in [2.05, 4.69) is 36.4 Å². The summed E-state index contributed by atoms with van der Waals surface area (Å²) in [6.07, 6.45) is 4.05. The van der Waals surface area contributed by atoms with Gasteiger partial charge in [0.05, 0.1) is 5.56 Å². The van der Waals surface area contributed by atoms with E-state index in [1.165, 1.54) is 6.42 Å². The molecule has 4 atom stereocenters. The highest BCUT2D eigenvalue weighted by molar-refractivity contribution is 6.30. The van der Waals surface area contributed by atoms with Gasteiger partial charge in [0.25, 0.3) is 5.91 Å². The van der Waals surface area contributed by atoms with Gasteiger partial charge in [-0.25, -0.2) is 4.98 Å². The van der Waals surface area contributed by atoms with Crippen LogP contribution in [0.1, 0.15) is 44.0 Å². The number of fused-ring (bicyclic) bond motifs is 2. The maximum atomic E-state index is 13.0. The molecule has 0 spiro atoms. The van der Waals surface area contributed by atoms with Crippen molar-refractivity contribution in [2.75, 3.05) is 5.32 Å². The van der Waals surface area contributed by atoms with Crippen LogP contribution in [0.4, 0.5) is 11.5 Å². The molecule has 4 nitrogen and oxygen atoms in total. The highest BCUT2D eigenvalue weighted by atomic mass is 35.5. The molecule has 0 aliphatic heterocycles. The van der Waals surface area contributed by atoms with Gasteiger partial charge in [-0.05, 0) is 66.3 Å². The molecule has 2 bridgehead atoms. The van der Waals surface area contributed by atoms with Gasteiger partial charge in [-0.1, -0.05) is 38.4 Å². The Hall–Kier alpha value is -2.07. The minimum absolute atomic E-state index is 0.0661. The molecule has 0 saturated heterocycles. The fraction of sp³-hybridized carbons (Fsp3) is 0.455. The number of amides is 1. The summed E-state index contributed by atoms with van der Waals surface area (Å²) in [6.45, 7) is 7.02. The summed E-state index contributed by atoms with van der Waals surface area (Å²) in [6, 6.07) is 11.2. The molecular weight excluding hydrogens is 358 g/mol. The van der Waals surface area contributed by atoms with Gasteiger partial charge in [-0.2, -0.15) is 0 Å². The molecule has 2 N–H and O–H groups in total. The van der Waals surface area contributed by atoms with Crippen LogP contribution in [0, 0.1) is 23.2 Å². The Bertz CT molecular complexity index is 866. The quantitative estimate of drug-likeness (QED) is 0.755. The zero-order chi connectivity index (χ0) is 19.2. The predicted octanol–water partition coefficient (Wildman–Crippen LogP) is 5.28. The molecule has 3 fully saturated rings. The van der Waals surface area contributed by atoms with Gasteiger partial charge in [-0.3, -0.25) is 4.79 Å². The lowest BCUT2D eigenvalue weighted by Crippen LogP contribution is -2.60. The summed E-state index contributed by atoms with van der Waals surface area (Å²) < 4.78 is 0. The summed E-state index contributed by atoms with van der Waals surface area (Å²) >= 11 is 6.06. The first-order valence-electron chi connectivity index (χ1n) is 9.64. The number of aromatic nitrogens is 1. The van der Waals surface area contributed by atoms with Crippen LogP contribution < -0.4 is 10.6 Å². The lowest BCUT2D eigenvalue weighted by atomic mass is 9.45. The van der Waals surface area contributed by atoms with Crippen molar-refractivity contribution in [2.45, 2.75) is 39.7 Å². The molecule has 1 heterocycles. The Morgan fingerprint density at radius 1 is 1.22 bits per heavy atom. The molecule has 142 valence electrons. The van der Waals surface area contributed by atoms with Crippen LogP contribution in [-0.2, 0) is 0 Å². The first kappa shape index (κ1) is 18.3. The van der Waals surface area contributed by atoms with E-state index < -0.39 is 0 Å². The van der Waals surface area contributed by atoms with Crippen LogP contribution in [0.25, 0.3) is 0 Å². The van der Waals surface area contributed by atoms with Crippen LogP contribution in [0.5, 0.6) is 0 Å². The average Bonchev–Trinajstić information content (AvgIpc) is 2.63. The number of carbonyl (C=O) groups excluding carboxylic acids is 1. The molecule has 5 rings (SSSR count). The number of hydrogen-bond donors (Lipinski definition) is 2. The third kappa shape index (κ3) is 3.31. The predicted molar refractivity (Wildman–Crippen MR) is 109 cm³/mol. The molecule has 3 saturated carbocycles. The minimum Gasteiger partial charge on any atom is -0.349 e. The van der Waals surface area contributed by atoms with Crippen LogP contribution in [0.3, 0.4) is 0 Å². The topological polar surface area (TPSA) is 54.0 Å². The molecule has 27 heavy (non-hydrogen) atoms. The van der Waals surface area contributed by atoms with Gasteiger partial charge in [0, 0.05) is 22.9 Å². The largest absolute Gasteiger partial charge is 0.349 e. The van der Waals surface area contributed by atoms with E-state index in [9.17, 15) is 4.79 Å². The highest BCUT2D eigenvalue weighted by Gasteiger charge is 2.56. The third-order valence-corrected chi connectivity index (χ3v) is 7.05. The molecule has 2 aromatic rings. The molecule has 1 aromatic heterocycles. The number of carbonyl (C=O) groups is 1. The summed E-state index contributed by atoms with van der Waals surface area (Å²) in [5, 5.41) is 7.13. The van der Waals surface area contributed by atoms with E-state index in [1.807, 2.05) is 30.3 Å². The standard InChI is InChI=1S/C22H26ClN3O/c1-13-18-10-14(22(18,2)3)11-19(13)26-21(27)17-8-5-9-24-20(17)25-16-7-4-6-15(23)12-16/h4-9,12-14,18-19H,10-11H2,1-3H3,(H,24,25)(H,26,27)/t13-,14+,18-,19?/m1/s1. The zero-order valence-corrected chi connectivity index (χ0v) is 16.8. The van der Waals surface area contributed by atoms with Crippen LogP contribution in [-0.4, -0.2) is 16.9 Å². The smallest absolute Gasteiger partial charge is 0.255 e. The SMILES string of the molecule is C[C@H]1C(NC(=O)c2cccnc2Nc2cccc(Cl)c2)C[C@@H]2C[C@H]1C2(C)C. The van der Waals surface area contributed by atoms with Gasteiger partial charge < -0.3 is 10.6 Å². The number of nitrogens with one attached hydrogen (secondary N) is 2. The fourth-order valence-corrected chi connectivity index (χ4v) is 5.17. The van der Waals surface area contributed by atoms with Gasteiger partial charge in [0.1, 0.15) is 5.82 Å². The van der Waals surface area contributed by atoms with Crippen molar-refractivity contribution < 1.29 is 4.79 Å². The third-order valence-electron chi connectivity index (χ3n) is 6.81. The summed E-state index contributed by atoms with van der Waals surface area (Å²) in [7, 11) is 0. The first-order chi connectivity index (χ1) is 12.9. The number of nitrogens with zero attached hydrogens (tertiary/aromatic N) is 1. The van der Waals surface area contributed by atoms with Crippen molar-refractivity contribution in [3.63, 3.8) is 0 Å². The van der Waals surface area contributed by atoms with Crippen molar-refractivity contribution in [3.8, 4) is 0 Å². The zero-order valence-electron chi connectivity index (χ0n) is 16.0. The normalized spacial score (nSPS) is 28.1. The molecule has 1 amide bonds. The fourth-order valence-electron chi connectivity index (χ4n) is 4.98. The number of pyridine rings is 1. The molecule has 5 heteroatoms. The lowest BCUT2D eigenvalue weighted by Gasteiger charge is -2.62. The first-order valence-corrected chi connectivity index (χ1v) is 10.0. The minimum atomic E-state index is -0.0661. The monoisotopic (exact) mass is 383 g/mol. The van der Waals surface area contributed by atoms with Crippen LogP contribution in [0.2, 0.25) is 5.02 Å². The van der Waals surface area contributed by atoms with Crippen molar-refractivity contribution in [1.82, 2.24) is 10.3 Å². The van der Waals surface area contributed by atoms with E-state index >= 15 is 0 Å². The Morgan fingerprint density at radius 3 is 2.74 bits per heavy atom. The summed E-state index contributed by atoms with van der Waals surface area (Å²) in [5.41, 5.74) is 1.78. The molecule has 3 aliphatic rings. The summed E-state index contributed by atoms with van der Waals surface area (Å²) in [4.78, 5) is 17.4. The molecule has 1 unspecified atom stereocenters. The molecule has 0 radical (unpaired) electrons. The Morgan fingerprint density at radius 2 is 2.04 bits per heavy atom. The van der Waals surface area contributed by atoms with Crippen LogP contribution in [0.15, 0.2) is 42.6 Å². The number of hydrogen-bond acceptors (Lipinski definition) is 3. The van der Waals surface area contributed by atoms with Gasteiger partial charge in [0.2, 0.25) is 0 Å². The molecule has 1 aromatic carbocycles. The van der Waals surface area contributed by atoms with Gasteiger partial charge in [0.15, 0.2) is 0 Å². The second kappa shape index (κ2) is 6.83.